The number of hydrogen-bond acceptors (Lipinski definition) is 6. The van der Waals surface area contributed by atoms with E-state index in [1.165, 1.54) is 0 Å². The quantitative estimate of drug-likeness (QED) is 0.380. The Labute approximate surface area is 224 Å². The van der Waals surface area contributed by atoms with Crippen LogP contribution in [0.1, 0.15) is 65.9 Å². The molecule has 2 aromatic rings. The minimum absolute atomic E-state index is 0.0615. The van der Waals surface area contributed by atoms with Crippen LogP contribution in [0.3, 0.4) is 0 Å². The van der Waals surface area contributed by atoms with Crippen LogP contribution >= 0.6 is 0 Å². The van der Waals surface area contributed by atoms with Gasteiger partial charge in [-0.25, -0.2) is 0 Å². The molecule has 2 aliphatic rings. The maximum Gasteiger partial charge on any atom is 0.253 e. The van der Waals surface area contributed by atoms with Crippen molar-refractivity contribution in [3.63, 3.8) is 0 Å². The van der Waals surface area contributed by atoms with E-state index in [0.29, 0.717) is 30.9 Å². The van der Waals surface area contributed by atoms with Gasteiger partial charge in [0.2, 0.25) is 5.91 Å². The Morgan fingerprint density at radius 1 is 1.16 bits per heavy atom. The number of anilines is 2. The molecule has 0 spiro atoms. The van der Waals surface area contributed by atoms with Gasteiger partial charge in [-0.1, -0.05) is 6.92 Å². The Balaban J connectivity index is 1.66. The second-order valence-electron chi connectivity index (χ2n) is 10.4. The lowest BCUT2D eigenvalue weighted by Gasteiger charge is -2.33. The van der Waals surface area contributed by atoms with Crippen LogP contribution in [-0.4, -0.2) is 55.2 Å². The molecule has 1 saturated heterocycles. The van der Waals surface area contributed by atoms with E-state index >= 15 is 0 Å². The number of amides is 2. The number of carbonyl (C=O) groups excluding carboxylic acids is 2. The van der Waals surface area contributed by atoms with Crippen LogP contribution in [0.4, 0.5) is 11.4 Å². The summed E-state index contributed by atoms with van der Waals surface area (Å²) in [6.07, 6.45) is 2.69. The van der Waals surface area contributed by atoms with Crippen molar-refractivity contribution in [3.8, 4) is 0 Å². The molecule has 9 nitrogen and oxygen atoms in total. The lowest BCUT2D eigenvalue weighted by atomic mass is 10.0. The van der Waals surface area contributed by atoms with E-state index in [9.17, 15) is 14.4 Å². The van der Waals surface area contributed by atoms with Gasteiger partial charge < -0.3 is 30.6 Å². The van der Waals surface area contributed by atoms with Crippen molar-refractivity contribution < 1.29 is 14.3 Å². The Kier molecular flexibility index (Phi) is 8.89. The number of aryl methyl sites for hydroxylation is 2. The standard InChI is InChI=1S/C29H41N5O4/c1-6-24(25-16-38-11-10-30-25)33-21-13-22(19(5)26(14-21)34(7-2)29(37)20-8-9-20)27(35)31-15-23-17(3)12-18(4)32-28(23)36/h12-14,20,24-25,30,33H,6-11,15-16H2,1-5H3,(H,31,35)(H,32,36). The first-order valence-corrected chi connectivity index (χ1v) is 13.7. The number of aromatic nitrogens is 1. The molecule has 0 radical (unpaired) electrons. The summed E-state index contributed by atoms with van der Waals surface area (Å²) in [5, 5.41) is 10.1. The van der Waals surface area contributed by atoms with E-state index in [4.69, 9.17) is 4.74 Å². The summed E-state index contributed by atoms with van der Waals surface area (Å²) in [4.78, 5) is 43.8. The van der Waals surface area contributed by atoms with Gasteiger partial charge in [0.15, 0.2) is 0 Å². The highest BCUT2D eigenvalue weighted by atomic mass is 16.5. The highest BCUT2D eigenvalue weighted by Gasteiger charge is 2.34. The number of nitrogens with zero attached hydrogens (tertiary/aromatic N) is 1. The van der Waals surface area contributed by atoms with E-state index < -0.39 is 0 Å². The molecular formula is C29H41N5O4. The molecule has 4 rings (SSSR count). The fraction of sp³-hybridized carbons (Fsp3) is 0.552. The smallest absolute Gasteiger partial charge is 0.253 e. The van der Waals surface area contributed by atoms with Crippen LogP contribution in [-0.2, 0) is 16.1 Å². The largest absolute Gasteiger partial charge is 0.381 e. The van der Waals surface area contributed by atoms with E-state index in [-0.39, 0.29) is 41.9 Å². The third-order valence-corrected chi connectivity index (χ3v) is 7.57. The molecule has 0 bridgehead atoms. The molecule has 2 fully saturated rings. The topological polar surface area (TPSA) is 116 Å². The molecule has 2 unspecified atom stereocenters. The fourth-order valence-electron chi connectivity index (χ4n) is 5.20. The first-order chi connectivity index (χ1) is 18.2. The number of hydrogen-bond donors (Lipinski definition) is 4. The average Bonchev–Trinajstić information content (AvgIpc) is 3.74. The number of benzene rings is 1. The normalized spacial score (nSPS) is 18.1. The summed E-state index contributed by atoms with van der Waals surface area (Å²) < 4.78 is 5.68. The summed E-state index contributed by atoms with van der Waals surface area (Å²) in [5.74, 6) is -0.115. The number of aromatic amines is 1. The van der Waals surface area contributed by atoms with Gasteiger partial charge in [0.1, 0.15) is 0 Å². The summed E-state index contributed by atoms with van der Waals surface area (Å²) in [6, 6.07) is 5.96. The van der Waals surface area contributed by atoms with Gasteiger partial charge in [0.25, 0.3) is 11.5 Å². The molecule has 4 N–H and O–H groups in total. The number of ether oxygens (including phenoxy) is 1. The molecule has 2 heterocycles. The zero-order chi connectivity index (χ0) is 27.4. The molecule has 2 amide bonds. The first kappa shape index (κ1) is 27.9. The number of morpholine rings is 1. The second kappa shape index (κ2) is 12.1. The molecule has 1 aliphatic heterocycles. The Morgan fingerprint density at radius 3 is 2.53 bits per heavy atom. The van der Waals surface area contributed by atoms with Crippen molar-refractivity contribution in [2.75, 3.05) is 36.5 Å². The maximum atomic E-state index is 13.5. The molecule has 206 valence electrons. The predicted octanol–water partition coefficient (Wildman–Crippen LogP) is 3.17. The molecule has 1 aromatic carbocycles. The van der Waals surface area contributed by atoms with Gasteiger partial charge in [-0.05, 0) is 76.3 Å². The van der Waals surface area contributed by atoms with Gasteiger partial charge in [-0.2, -0.15) is 0 Å². The molecule has 1 aromatic heterocycles. The maximum absolute atomic E-state index is 13.5. The minimum Gasteiger partial charge on any atom is -0.381 e. The molecule has 1 saturated carbocycles. The fourth-order valence-corrected chi connectivity index (χ4v) is 5.20. The SMILES string of the molecule is CCC(Nc1cc(C(=O)NCc2c(C)cc(C)[nH]c2=O)c(C)c(N(CC)C(=O)C2CC2)c1)C1COCCN1. The van der Waals surface area contributed by atoms with E-state index in [2.05, 4.69) is 27.9 Å². The molecule has 2 atom stereocenters. The highest BCUT2D eigenvalue weighted by molar-refractivity contribution is 6.02. The monoisotopic (exact) mass is 523 g/mol. The summed E-state index contributed by atoms with van der Waals surface area (Å²) in [7, 11) is 0. The van der Waals surface area contributed by atoms with E-state index in [1.54, 1.807) is 4.90 Å². The summed E-state index contributed by atoms with van der Waals surface area (Å²) >= 11 is 0. The number of rotatable bonds is 10. The van der Waals surface area contributed by atoms with Crippen LogP contribution < -0.4 is 26.4 Å². The van der Waals surface area contributed by atoms with Crippen LogP contribution in [0, 0.1) is 26.7 Å². The molecule has 1 aliphatic carbocycles. The van der Waals surface area contributed by atoms with Gasteiger partial charge in [0.05, 0.1) is 19.3 Å². The van der Waals surface area contributed by atoms with Gasteiger partial charge in [-0.15, -0.1) is 0 Å². The molecule has 9 heteroatoms. The summed E-state index contributed by atoms with van der Waals surface area (Å²) in [5.41, 5.74) is 4.69. The van der Waals surface area contributed by atoms with Crippen LogP contribution in [0.5, 0.6) is 0 Å². The Hall–Kier alpha value is -3.17. The van der Waals surface area contributed by atoms with E-state index in [1.807, 2.05) is 45.9 Å². The second-order valence-corrected chi connectivity index (χ2v) is 10.4. The van der Waals surface area contributed by atoms with Crippen LogP contribution in [0.25, 0.3) is 0 Å². The zero-order valence-electron chi connectivity index (χ0n) is 23.2. The highest BCUT2D eigenvalue weighted by Crippen LogP contribution is 2.36. The minimum atomic E-state index is -0.283. The lowest BCUT2D eigenvalue weighted by Crippen LogP contribution is -2.51. The van der Waals surface area contributed by atoms with Crippen molar-refractivity contribution in [1.82, 2.24) is 15.6 Å². The zero-order valence-corrected chi connectivity index (χ0v) is 23.2. The Bertz CT molecular complexity index is 1230. The third-order valence-electron chi connectivity index (χ3n) is 7.57. The van der Waals surface area contributed by atoms with Crippen molar-refractivity contribution in [1.29, 1.82) is 0 Å². The number of H-pyrrole nitrogens is 1. The third kappa shape index (κ3) is 6.27. The Morgan fingerprint density at radius 2 is 1.92 bits per heavy atom. The van der Waals surface area contributed by atoms with Crippen LogP contribution in [0.15, 0.2) is 23.0 Å². The predicted molar refractivity (Wildman–Crippen MR) is 150 cm³/mol. The van der Waals surface area contributed by atoms with Crippen molar-refractivity contribution in [2.45, 2.75) is 72.5 Å². The number of carbonyl (C=O) groups is 2. The number of pyridine rings is 1. The van der Waals surface area contributed by atoms with E-state index in [0.717, 1.165) is 54.0 Å². The molecular weight excluding hydrogens is 482 g/mol. The van der Waals surface area contributed by atoms with Crippen LogP contribution in [0.2, 0.25) is 0 Å². The van der Waals surface area contributed by atoms with Crippen molar-refractivity contribution in [2.24, 2.45) is 5.92 Å². The van der Waals surface area contributed by atoms with Crippen molar-refractivity contribution >= 4 is 23.2 Å². The first-order valence-electron chi connectivity index (χ1n) is 13.7. The average molecular weight is 524 g/mol. The van der Waals surface area contributed by atoms with Gasteiger partial charge >= 0.3 is 0 Å². The summed E-state index contributed by atoms with van der Waals surface area (Å²) in [6.45, 7) is 12.4. The number of nitrogens with one attached hydrogen (secondary N) is 4. The molecule has 38 heavy (non-hydrogen) atoms. The lowest BCUT2D eigenvalue weighted by molar-refractivity contribution is -0.119. The van der Waals surface area contributed by atoms with Crippen molar-refractivity contribution in [3.05, 3.63) is 56.5 Å². The van der Waals surface area contributed by atoms with Gasteiger partial charge in [0, 0.05) is 59.8 Å². The van der Waals surface area contributed by atoms with Gasteiger partial charge in [-0.3, -0.25) is 14.4 Å².